The Labute approximate surface area is 194 Å². The third-order valence-electron chi connectivity index (χ3n) is 6.69. The Bertz CT molecular complexity index is 959. The molecule has 0 radical (unpaired) electrons. The zero-order chi connectivity index (χ0) is 23.8. The molecule has 3 aliphatic heterocycles. The largest absolute Gasteiger partial charge is 0.460 e. The summed E-state index contributed by atoms with van der Waals surface area (Å²) in [6, 6.07) is 5.16. The number of ether oxygens (including phenoxy) is 1. The van der Waals surface area contributed by atoms with E-state index in [0.717, 1.165) is 43.6 Å². The molecule has 33 heavy (non-hydrogen) atoms. The average molecular weight is 456 g/mol. The predicted octanol–water partition coefficient (Wildman–Crippen LogP) is 2.79. The van der Waals surface area contributed by atoms with E-state index < -0.39 is 11.6 Å². The molecule has 8 nitrogen and oxygen atoms in total. The lowest BCUT2D eigenvalue weighted by molar-refractivity contribution is -0.155. The van der Waals surface area contributed by atoms with Crippen LogP contribution in [0.4, 0.5) is 5.69 Å². The maximum Gasteiger partial charge on any atom is 0.306 e. The van der Waals surface area contributed by atoms with E-state index in [4.69, 9.17) is 4.74 Å². The minimum Gasteiger partial charge on any atom is -0.460 e. The number of piperidine rings is 2. The minimum atomic E-state index is -0.603. The lowest BCUT2D eigenvalue weighted by Gasteiger charge is -2.35. The number of fused-ring (bicyclic) bond motifs is 1. The number of imide groups is 1. The molecule has 178 valence electrons. The quantitative estimate of drug-likeness (QED) is 0.542. The van der Waals surface area contributed by atoms with E-state index in [1.807, 2.05) is 39.0 Å². The third kappa shape index (κ3) is 5.20. The van der Waals surface area contributed by atoms with Gasteiger partial charge in [0.25, 0.3) is 5.91 Å². The topological polar surface area (TPSA) is 96.0 Å². The average Bonchev–Trinajstić information content (AvgIpc) is 3.08. The first kappa shape index (κ1) is 23.3. The molecular weight excluding hydrogens is 422 g/mol. The summed E-state index contributed by atoms with van der Waals surface area (Å²) in [5, 5.41) is 2.35. The zero-order valence-electron chi connectivity index (χ0n) is 19.7. The Balaban J connectivity index is 1.37. The van der Waals surface area contributed by atoms with E-state index >= 15 is 0 Å². The molecular formula is C25H33N3O5. The summed E-state index contributed by atoms with van der Waals surface area (Å²) < 4.78 is 5.42. The number of nitrogens with one attached hydrogen (secondary N) is 1. The third-order valence-corrected chi connectivity index (χ3v) is 6.69. The molecule has 1 unspecified atom stereocenters. The molecule has 8 heteroatoms. The van der Waals surface area contributed by atoms with Crippen LogP contribution in [0.5, 0.6) is 0 Å². The van der Waals surface area contributed by atoms with Crippen LogP contribution in [0.15, 0.2) is 18.2 Å². The maximum atomic E-state index is 13.1. The van der Waals surface area contributed by atoms with Crippen LogP contribution in [-0.4, -0.2) is 53.3 Å². The van der Waals surface area contributed by atoms with E-state index in [1.54, 1.807) is 4.90 Å². The van der Waals surface area contributed by atoms with Gasteiger partial charge in [-0.2, -0.15) is 0 Å². The molecule has 0 aromatic heterocycles. The normalized spacial score (nSPS) is 21.8. The predicted molar refractivity (Wildman–Crippen MR) is 123 cm³/mol. The Kier molecular flexibility index (Phi) is 6.45. The number of amides is 3. The van der Waals surface area contributed by atoms with Gasteiger partial charge < -0.3 is 14.5 Å². The molecule has 0 saturated carbocycles. The van der Waals surface area contributed by atoms with Crippen molar-refractivity contribution >= 4 is 29.4 Å². The summed E-state index contributed by atoms with van der Waals surface area (Å²) in [4.78, 5) is 52.8. The van der Waals surface area contributed by atoms with Gasteiger partial charge >= 0.3 is 5.97 Å². The Hall–Kier alpha value is -2.90. The van der Waals surface area contributed by atoms with Crippen molar-refractivity contribution in [3.05, 3.63) is 29.3 Å². The fourth-order valence-electron chi connectivity index (χ4n) is 5.04. The van der Waals surface area contributed by atoms with Gasteiger partial charge in [0.15, 0.2) is 0 Å². The van der Waals surface area contributed by atoms with Crippen molar-refractivity contribution in [1.29, 1.82) is 0 Å². The zero-order valence-corrected chi connectivity index (χ0v) is 19.7. The number of carbonyl (C=O) groups excluding carboxylic acids is 4. The van der Waals surface area contributed by atoms with Crippen molar-refractivity contribution in [2.75, 3.05) is 18.0 Å². The molecule has 2 saturated heterocycles. The monoisotopic (exact) mass is 455 g/mol. The summed E-state index contributed by atoms with van der Waals surface area (Å²) in [5.41, 5.74) is 2.19. The second-order valence-electron chi connectivity index (χ2n) is 10.3. The van der Waals surface area contributed by atoms with Crippen molar-refractivity contribution in [1.82, 2.24) is 10.2 Å². The summed E-state index contributed by atoms with van der Waals surface area (Å²) in [5.74, 6) is -0.478. The number of anilines is 1. The molecule has 3 aliphatic rings. The molecule has 0 aliphatic carbocycles. The Morgan fingerprint density at radius 1 is 1.12 bits per heavy atom. The van der Waals surface area contributed by atoms with Gasteiger partial charge in [0, 0.05) is 49.3 Å². The number of carbonyl (C=O) groups is 4. The first-order valence-electron chi connectivity index (χ1n) is 11.9. The van der Waals surface area contributed by atoms with Crippen molar-refractivity contribution in [2.45, 2.75) is 77.5 Å². The van der Waals surface area contributed by atoms with E-state index in [0.29, 0.717) is 30.9 Å². The van der Waals surface area contributed by atoms with Gasteiger partial charge in [-0.3, -0.25) is 24.5 Å². The van der Waals surface area contributed by atoms with Crippen LogP contribution < -0.4 is 10.2 Å². The second-order valence-corrected chi connectivity index (χ2v) is 10.3. The van der Waals surface area contributed by atoms with E-state index in [2.05, 4.69) is 10.2 Å². The smallest absolute Gasteiger partial charge is 0.306 e. The lowest BCUT2D eigenvalue weighted by Crippen LogP contribution is -2.52. The van der Waals surface area contributed by atoms with Crippen molar-refractivity contribution in [2.24, 2.45) is 5.92 Å². The summed E-state index contributed by atoms with van der Waals surface area (Å²) >= 11 is 0. The van der Waals surface area contributed by atoms with Gasteiger partial charge in [-0.25, -0.2) is 0 Å². The highest BCUT2D eigenvalue weighted by Gasteiger charge is 2.40. The molecule has 1 atom stereocenters. The van der Waals surface area contributed by atoms with Crippen molar-refractivity contribution in [3.63, 3.8) is 0 Å². The van der Waals surface area contributed by atoms with Gasteiger partial charge in [0.05, 0.1) is 0 Å². The first-order valence-corrected chi connectivity index (χ1v) is 11.9. The van der Waals surface area contributed by atoms with E-state index in [9.17, 15) is 19.2 Å². The van der Waals surface area contributed by atoms with Crippen molar-refractivity contribution in [3.8, 4) is 0 Å². The molecule has 3 amide bonds. The Morgan fingerprint density at radius 3 is 2.52 bits per heavy atom. The van der Waals surface area contributed by atoms with Gasteiger partial charge in [0.2, 0.25) is 11.8 Å². The molecule has 1 aromatic rings. The van der Waals surface area contributed by atoms with Gasteiger partial charge in [-0.05, 0) is 64.5 Å². The number of hydrogen-bond donors (Lipinski definition) is 1. The molecule has 4 rings (SSSR count). The summed E-state index contributed by atoms with van der Waals surface area (Å²) in [7, 11) is 0. The van der Waals surface area contributed by atoms with Crippen LogP contribution in [-0.2, 0) is 25.7 Å². The molecule has 1 N–H and O–H groups in total. The highest BCUT2D eigenvalue weighted by molar-refractivity contribution is 6.06. The minimum absolute atomic E-state index is 0.141. The molecule has 2 fully saturated rings. The highest BCUT2D eigenvalue weighted by Crippen LogP contribution is 2.36. The standard InChI is InChI=1S/C25H33N3O5/c1-25(2,3)33-22(30)10-7-16-11-13-27(14-12-16)19-6-4-5-17-18(19)15-28(24(17)32)20-8-9-21(29)26-23(20)31/h4-6,16,20H,7-15H2,1-3H3,(H,26,29,31). The summed E-state index contributed by atoms with van der Waals surface area (Å²) in [6.07, 6.45) is 3.85. The van der Waals surface area contributed by atoms with Crippen LogP contribution in [0.25, 0.3) is 0 Å². The molecule has 0 spiro atoms. The fraction of sp³-hybridized carbons (Fsp3) is 0.600. The van der Waals surface area contributed by atoms with E-state index in [-0.39, 0.29) is 30.1 Å². The number of benzene rings is 1. The van der Waals surface area contributed by atoms with Gasteiger partial charge in [-0.15, -0.1) is 0 Å². The molecule has 1 aromatic carbocycles. The maximum absolute atomic E-state index is 13.1. The first-order chi connectivity index (χ1) is 15.6. The number of nitrogens with zero attached hydrogens (tertiary/aromatic N) is 2. The SMILES string of the molecule is CC(C)(C)OC(=O)CCC1CCN(c2cccc3c2CN(C2CCC(=O)NC2=O)C3=O)CC1. The van der Waals surface area contributed by atoms with Gasteiger partial charge in [-0.1, -0.05) is 6.07 Å². The van der Waals surface area contributed by atoms with Crippen molar-refractivity contribution < 1.29 is 23.9 Å². The summed E-state index contributed by atoms with van der Waals surface area (Å²) in [6.45, 7) is 7.76. The Morgan fingerprint density at radius 2 is 1.85 bits per heavy atom. The van der Waals surface area contributed by atoms with Crippen LogP contribution >= 0.6 is 0 Å². The lowest BCUT2D eigenvalue weighted by atomic mass is 9.91. The van der Waals surface area contributed by atoms with Crippen LogP contribution in [0.2, 0.25) is 0 Å². The van der Waals surface area contributed by atoms with E-state index in [1.165, 1.54) is 0 Å². The second kappa shape index (κ2) is 9.15. The van der Waals surface area contributed by atoms with Crippen LogP contribution in [0, 0.1) is 5.92 Å². The number of esters is 1. The van der Waals surface area contributed by atoms with Crippen LogP contribution in [0.3, 0.4) is 0 Å². The molecule has 3 heterocycles. The molecule has 0 bridgehead atoms. The fourth-order valence-corrected chi connectivity index (χ4v) is 5.04. The highest BCUT2D eigenvalue weighted by atomic mass is 16.6. The number of hydrogen-bond acceptors (Lipinski definition) is 6. The van der Waals surface area contributed by atoms with Crippen LogP contribution in [0.1, 0.15) is 75.2 Å². The number of rotatable bonds is 5. The van der Waals surface area contributed by atoms with Gasteiger partial charge in [0.1, 0.15) is 11.6 Å².